The lowest BCUT2D eigenvalue weighted by atomic mass is 9.86. The molecule has 1 aliphatic carbocycles. The van der Waals surface area contributed by atoms with E-state index in [0.717, 1.165) is 11.8 Å². The summed E-state index contributed by atoms with van der Waals surface area (Å²) in [5.74, 6) is 1.99. The van der Waals surface area contributed by atoms with Crippen LogP contribution >= 0.6 is 0 Å². The molecule has 0 amide bonds. The van der Waals surface area contributed by atoms with Gasteiger partial charge in [0.25, 0.3) is 0 Å². The second-order valence-electron chi connectivity index (χ2n) is 4.18. The summed E-state index contributed by atoms with van der Waals surface area (Å²) in [6, 6.07) is 0. The van der Waals surface area contributed by atoms with Crippen LogP contribution < -0.4 is 0 Å². The Balaban J connectivity index is 2.33. The Bertz CT molecular complexity index is 107. The fraction of sp³-hybridized carbons (Fsp3) is 1.00. The molecule has 0 aromatic heterocycles. The monoisotopic (exact) mass is 124 g/mol. The first-order valence-electron chi connectivity index (χ1n) is 4.08. The van der Waals surface area contributed by atoms with Crippen LogP contribution in [0.3, 0.4) is 0 Å². The van der Waals surface area contributed by atoms with E-state index >= 15 is 0 Å². The first-order chi connectivity index (χ1) is 4.08. The highest BCUT2D eigenvalue weighted by molar-refractivity contribution is 6.08. The van der Waals surface area contributed by atoms with E-state index in [0.29, 0.717) is 5.41 Å². The number of rotatable bonds is 2. The van der Waals surface area contributed by atoms with Crippen LogP contribution in [-0.4, -0.2) is 7.85 Å². The average molecular weight is 124 g/mol. The van der Waals surface area contributed by atoms with Crippen LogP contribution in [0.5, 0.6) is 0 Å². The molecule has 0 aliphatic heterocycles. The third kappa shape index (κ3) is 1.31. The Morgan fingerprint density at radius 1 is 1.67 bits per heavy atom. The van der Waals surface area contributed by atoms with Crippen molar-refractivity contribution in [2.75, 3.05) is 0 Å². The predicted octanol–water partition coefficient (Wildman–Crippen LogP) is 1.72. The molecule has 52 valence electrons. The highest BCUT2D eigenvalue weighted by atomic mass is 14.5. The Morgan fingerprint density at radius 2 is 2.11 bits per heavy atom. The van der Waals surface area contributed by atoms with Gasteiger partial charge < -0.3 is 0 Å². The summed E-state index contributed by atoms with van der Waals surface area (Å²) >= 11 is 0. The first kappa shape index (κ1) is 7.18. The van der Waals surface area contributed by atoms with Crippen LogP contribution in [0.15, 0.2) is 0 Å². The lowest BCUT2D eigenvalue weighted by Crippen LogP contribution is -2.01. The van der Waals surface area contributed by atoms with E-state index in [1.807, 2.05) is 0 Å². The second-order valence-corrected chi connectivity index (χ2v) is 4.18. The number of hydrogen-bond acceptors (Lipinski definition) is 0. The Hall–Kier alpha value is 0.0649. The molecule has 1 saturated carbocycles. The van der Waals surface area contributed by atoms with Gasteiger partial charge in [0.15, 0.2) is 0 Å². The molecule has 0 N–H and O–H groups in total. The molecule has 0 nitrogen and oxygen atoms in total. The standard InChI is InChI=1S/C8H17B/c1-6(5-9)7-4-8(7,2)3/h6-7H,4-5,9H2,1-3H3/t6-,7?/m0/s1. The zero-order chi connectivity index (χ0) is 7.07. The molecule has 0 aromatic carbocycles. The first-order valence-corrected chi connectivity index (χ1v) is 4.08. The van der Waals surface area contributed by atoms with Gasteiger partial charge in [0.1, 0.15) is 7.85 Å². The van der Waals surface area contributed by atoms with Crippen molar-refractivity contribution in [2.45, 2.75) is 33.5 Å². The fourth-order valence-electron chi connectivity index (χ4n) is 1.76. The van der Waals surface area contributed by atoms with E-state index in [9.17, 15) is 0 Å². The van der Waals surface area contributed by atoms with E-state index < -0.39 is 0 Å². The molecule has 0 aromatic rings. The molecule has 0 radical (unpaired) electrons. The molecule has 1 aliphatic rings. The number of hydrogen-bond donors (Lipinski definition) is 0. The van der Waals surface area contributed by atoms with Gasteiger partial charge in [-0.15, -0.1) is 0 Å². The van der Waals surface area contributed by atoms with Crippen LogP contribution in [0.4, 0.5) is 0 Å². The Morgan fingerprint density at radius 3 is 2.22 bits per heavy atom. The van der Waals surface area contributed by atoms with Crippen LogP contribution in [0.1, 0.15) is 27.2 Å². The summed E-state index contributed by atoms with van der Waals surface area (Å²) in [5, 5.41) is 0. The average Bonchev–Trinajstić information content (AvgIpc) is 2.38. The molecule has 1 fully saturated rings. The van der Waals surface area contributed by atoms with Gasteiger partial charge in [-0.3, -0.25) is 0 Å². The van der Waals surface area contributed by atoms with Crippen molar-refractivity contribution < 1.29 is 0 Å². The van der Waals surface area contributed by atoms with E-state index in [1.54, 1.807) is 0 Å². The minimum Gasteiger partial charge on any atom is -0.0783 e. The molecule has 1 heteroatoms. The zero-order valence-corrected chi connectivity index (χ0v) is 7.07. The summed E-state index contributed by atoms with van der Waals surface area (Å²) in [6.45, 7) is 7.13. The van der Waals surface area contributed by atoms with Crippen molar-refractivity contribution in [3.05, 3.63) is 0 Å². The van der Waals surface area contributed by atoms with E-state index in [2.05, 4.69) is 28.6 Å². The van der Waals surface area contributed by atoms with Crippen LogP contribution in [0.25, 0.3) is 0 Å². The van der Waals surface area contributed by atoms with E-state index in [-0.39, 0.29) is 0 Å². The highest BCUT2D eigenvalue weighted by Crippen LogP contribution is 2.56. The maximum atomic E-state index is 2.38. The predicted molar refractivity (Wildman–Crippen MR) is 44.4 cm³/mol. The van der Waals surface area contributed by atoms with Crippen molar-refractivity contribution >= 4 is 7.85 Å². The molecule has 0 bridgehead atoms. The molecular weight excluding hydrogens is 107 g/mol. The maximum Gasteiger partial charge on any atom is 0.101 e. The summed E-state index contributed by atoms with van der Waals surface area (Å²) in [5.41, 5.74) is 0.690. The molecule has 2 atom stereocenters. The van der Waals surface area contributed by atoms with Crippen LogP contribution in [0, 0.1) is 17.3 Å². The lowest BCUT2D eigenvalue weighted by molar-refractivity contribution is 0.451. The van der Waals surface area contributed by atoms with Crippen molar-refractivity contribution in [3.63, 3.8) is 0 Å². The van der Waals surface area contributed by atoms with Gasteiger partial charge in [0.05, 0.1) is 0 Å². The molecule has 0 heterocycles. The van der Waals surface area contributed by atoms with Gasteiger partial charge in [-0.25, -0.2) is 0 Å². The lowest BCUT2D eigenvalue weighted by Gasteiger charge is -2.09. The van der Waals surface area contributed by atoms with Crippen molar-refractivity contribution in [2.24, 2.45) is 17.3 Å². The summed E-state index contributed by atoms with van der Waals surface area (Å²) in [7, 11) is 2.29. The van der Waals surface area contributed by atoms with Gasteiger partial charge in [-0.1, -0.05) is 27.1 Å². The third-order valence-electron chi connectivity index (χ3n) is 2.92. The quantitative estimate of drug-likeness (QED) is 0.491. The normalized spacial score (nSPS) is 33.9. The molecular formula is C8H17B. The summed E-state index contributed by atoms with van der Waals surface area (Å²) < 4.78 is 0. The second kappa shape index (κ2) is 2.03. The molecule has 1 rings (SSSR count). The van der Waals surface area contributed by atoms with Crippen LogP contribution in [0.2, 0.25) is 6.32 Å². The summed E-state index contributed by atoms with van der Waals surface area (Å²) in [6.07, 6.45) is 2.82. The fourth-order valence-corrected chi connectivity index (χ4v) is 1.76. The van der Waals surface area contributed by atoms with Gasteiger partial charge in [-0.2, -0.15) is 0 Å². The van der Waals surface area contributed by atoms with E-state index in [4.69, 9.17) is 0 Å². The van der Waals surface area contributed by atoms with E-state index in [1.165, 1.54) is 12.7 Å². The highest BCUT2D eigenvalue weighted by Gasteiger charge is 2.47. The van der Waals surface area contributed by atoms with Crippen molar-refractivity contribution in [1.29, 1.82) is 0 Å². The molecule has 0 saturated heterocycles. The SMILES string of the molecule is BC[C@H](C)C1CC1(C)C. The van der Waals surface area contributed by atoms with Gasteiger partial charge in [0.2, 0.25) is 0 Å². The third-order valence-corrected chi connectivity index (χ3v) is 2.92. The largest absolute Gasteiger partial charge is 0.101 e. The Labute approximate surface area is 59.4 Å². The Kier molecular flexibility index (Phi) is 1.62. The smallest absolute Gasteiger partial charge is 0.0783 e. The van der Waals surface area contributed by atoms with Crippen molar-refractivity contribution in [3.8, 4) is 0 Å². The maximum absolute atomic E-state index is 2.38. The molecule has 9 heavy (non-hydrogen) atoms. The van der Waals surface area contributed by atoms with Gasteiger partial charge >= 0.3 is 0 Å². The zero-order valence-electron chi connectivity index (χ0n) is 7.07. The minimum absolute atomic E-state index is 0.690. The molecule has 1 unspecified atom stereocenters. The topological polar surface area (TPSA) is 0 Å². The van der Waals surface area contributed by atoms with Gasteiger partial charge in [-0.05, 0) is 23.7 Å². The van der Waals surface area contributed by atoms with Crippen molar-refractivity contribution in [1.82, 2.24) is 0 Å². The van der Waals surface area contributed by atoms with Gasteiger partial charge in [0, 0.05) is 0 Å². The minimum atomic E-state index is 0.690. The van der Waals surface area contributed by atoms with Crippen LogP contribution in [-0.2, 0) is 0 Å². The molecule has 0 spiro atoms. The summed E-state index contributed by atoms with van der Waals surface area (Å²) in [4.78, 5) is 0.